The van der Waals surface area contributed by atoms with Gasteiger partial charge in [-0.05, 0) is 50.8 Å². The second-order valence-electron chi connectivity index (χ2n) is 9.79. The third kappa shape index (κ3) is 14.7. The Balaban J connectivity index is 2.66. The number of hydrogen-bond donors (Lipinski definition) is 3. The summed E-state index contributed by atoms with van der Waals surface area (Å²) in [4.78, 5) is 48.5. The molecular formula is C28H41N3O7. The third-order valence-electron chi connectivity index (χ3n) is 5.10. The van der Waals surface area contributed by atoms with Gasteiger partial charge in [-0.3, -0.25) is 14.4 Å². The van der Waals surface area contributed by atoms with Gasteiger partial charge < -0.3 is 30.2 Å². The second kappa shape index (κ2) is 16.8. The van der Waals surface area contributed by atoms with Crippen molar-refractivity contribution in [2.45, 2.75) is 65.0 Å². The molecule has 3 N–H and O–H groups in total. The van der Waals surface area contributed by atoms with E-state index in [-0.39, 0.29) is 37.0 Å². The molecule has 0 aliphatic carbocycles. The summed E-state index contributed by atoms with van der Waals surface area (Å²) in [5.74, 6) is -0.271. The zero-order valence-electron chi connectivity index (χ0n) is 23.0. The highest BCUT2D eigenvalue weighted by Crippen LogP contribution is 2.14. The van der Waals surface area contributed by atoms with Crippen molar-refractivity contribution in [1.29, 1.82) is 0 Å². The van der Waals surface area contributed by atoms with Crippen molar-refractivity contribution in [3.63, 3.8) is 0 Å². The molecule has 10 nitrogen and oxygen atoms in total. The third-order valence-corrected chi connectivity index (χ3v) is 5.10. The molecule has 0 saturated carbocycles. The average Bonchev–Trinajstić information content (AvgIpc) is 2.86. The van der Waals surface area contributed by atoms with E-state index in [2.05, 4.69) is 27.3 Å². The van der Waals surface area contributed by atoms with Gasteiger partial charge in [0.25, 0.3) is 0 Å². The summed E-state index contributed by atoms with van der Waals surface area (Å²) in [6.45, 7) is 11.5. The molecule has 3 amide bonds. The fourth-order valence-electron chi connectivity index (χ4n) is 3.11. The van der Waals surface area contributed by atoms with Crippen LogP contribution in [-0.4, -0.2) is 55.8 Å². The summed E-state index contributed by atoms with van der Waals surface area (Å²) in [6.07, 6.45) is 4.99. The number of benzene rings is 1. The standard InChI is InChI=1S/C28H41N3O7/c1-7-17-37-22-13-11-21(12-14-22)18-23(31-27(35)38-28(3,4)5)26(34)30-19-20(2)10-15-24(32)29-16-8-9-25(33)36-6/h7-8,11-14,16,20,23H,1,9-10,15,17-19H2,2-6H3,(H,29,32)(H,30,34)(H,31,35). The number of hydrogen-bond acceptors (Lipinski definition) is 7. The van der Waals surface area contributed by atoms with Crippen LogP contribution in [0.4, 0.5) is 4.79 Å². The number of carbonyl (C=O) groups is 4. The molecule has 0 aromatic heterocycles. The van der Waals surface area contributed by atoms with Crippen LogP contribution < -0.4 is 20.7 Å². The van der Waals surface area contributed by atoms with Crippen molar-refractivity contribution in [2.24, 2.45) is 5.92 Å². The van der Waals surface area contributed by atoms with Gasteiger partial charge in [0.05, 0.1) is 13.5 Å². The van der Waals surface area contributed by atoms with Crippen molar-refractivity contribution in [1.82, 2.24) is 16.0 Å². The minimum absolute atomic E-state index is 0.00668. The molecule has 0 saturated heterocycles. The Morgan fingerprint density at radius 3 is 2.39 bits per heavy atom. The lowest BCUT2D eigenvalue weighted by Crippen LogP contribution is -2.50. The van der Waals surface area contributed by atoms with Crippen LogP contribution in [0.2, 0.25) is 0 Å². The van der Waals surface area contributed by atoms with Crippen LogP contribution in [0.25, 0.3) is 0 Å². The molecule has 0 radical (unpaired) electrons. The van der Waals surface area contributed by atoms with Gasteiger partial charge in [-0.15, -0.1) is 0 Å². The normalized spacial score (nSPS) is 12.7. The smallest absolute Gasteiger partial charge is 0.408 e. The maximum absolute atomic E-state index is 13.0. The number of methoxy groups -OCH3 is 1. The van der Waals surface area contributed by atoms with E-state index < -0.39 is 23.7 Å². The molecular weight excluding hydrogens is 490 g/mol. The van der Waals surface area contributed by atoms with E-state index in [0.29, 0.717) is 25.3 Å². The van der Waals surface area contributed by atoms with Crippen LogP contribution >= 0.6 is 0 Å². The van der Waals surface area contributed by atoms with E-state index in [4.69, 9.17) is 9.47 Å². The first-order chi connectivity index (χ1) is 17.9. The topological polar surface area (TPSA) is 132 Å². The molecule has 2 atom stereocenters. The van der Waals surface area contributed by atoms with E-state index in [1.165, 1.54) is 19.4 Å². The summed E-state index contributed by atoms with van der Waals surface area (Å²) >= 11 is 0. The van der Waals surface area contributed by atoms with Gasteiger partial charge in [0, 0.05) is 25.6 Å². The van der Waals surface area contributed by atoms with Crippen LogP contribution in [0.15, 0.2) is 49.2 Å². The van der Waals surface area contributed by atoms with Crippen molar-refractivity contribution < 1.29 is 33.4 Å². The summed E-state index contributed by atoms with van der Waals surface area (Å²) < 4.78 is 15.3. The molecule has 2 unspecified atom stereocenters. The molecule has 210 valence electrons. The Bertz CT molecular complexity index is 952. The fourth-order valence-corrected chi connectivity index (χ4v) is 3.11. The summed E-state index contributed by atoms with van der Waals surface area (Å²) in [5.41, 5.74) is 0.121. The first-order valence-electron chi connectivity index (χ1n) is 12.5. The lowest BCUT2D eigenvalue weighted by Gasteiger charge is -2.24. The molecule has 0 spiro atoms. The van der Waals surface area contributed by atoms with Crippen LogP contribution in [0.5, 0.6) is 5.75 Å². The quantitative estimate of drug-likeness (QED) is 0.233. The number of rotatable bonds is 15. The first kappa shape index (κ1) is 32.2. The Labute approximate surface area is 225 Å². The number of amides is 3. The van der Waals surface area contributed by atoms with E-state index >= 15 is 0 Å². The highest BCUT2D eigenvalue weighted by molar-refractivity contribution is 5.86. The lowest BCUT2D eigenvalue weighted by molar-refractivity contribution is -0.139. The van der Waals surface area contributed by atoms with Crippen LogP contribution in [0, 0.1) is 5.92 Å². The van der Waals surface area contributed by atoms with Gasteiger partial charge in [-0.25, -0.2) is 4.79 Å². The van der Waals surface area contributed by atoms with Crippen molar-refractivity contribution in [3.05, 3.63) is 54.8 Å². The van der Waals surface area contributed by atoms with E-state index in [9.17, 15) is 19.2 Å². The SMILES string of the molecule is C=CCOc1ccc(CC(NC(=O)OC(C)(C)C)C(=O)NCC(C)CCC(=O)NC=CCC(=O)OC)cc1. The Morgan fingerprint density at radius 2 is 1.79 bits per heavy atom. The Morgan fingerprint density at radius 1 is 1.11 bits per heavy atom. The molecule has 0 bridgehead atoms. The fraction of sp³-hybridized carbons (Fsp3) is 0.500. The minimum atomic E-state index is -0.861. The van der Waals surface area contributed by atoms with Crippen LogP contribution in [0.3, 0.4) is 0 Å². The molecule has 0 aliphatic rings. The van der Waals surface area contributed by atoms with Gasteiger partial charge in [-0.1, -0.05) is 37.8 Å². The van der Waals surface area contributed by atoms with Crippen LogP contribution in [-0.2, 0) is 30.3 Å². The zero-order valence-corrected chi connectivity index (χ0v) is 23.0. The van der Waals surface area contributed by atoms with Crippen LogP contribution in [0.1, 0.15) is 52.5 Å². The maximum atomic E-state index is 13.0. The number of alkyl carbamates (subject to hydrolysis) is 1. The van der Waals surface area contributed by atoms with E-state index in [0.717, 1.165) is 5.56 Å². The van der Waals surface area contributed by atoms with E-state index in [1.807, 2.05) is 19.1 Å². The predicted molar refractivity (Wildman–Crippen MR) is 144 cm³/mol. The van der Waals surface area contributed by atoms with Gasteiger partial charge in [0.1, 0.15) is 24.0 Å². The number of esters is 1. The van der Waals surface area contributed by atoms with E-state index in [1.54, 1.807) is 39.0 Å². The average molecular weight is 532 g/mol. The monoisotopic (exact) mass is 531 g/mol. The predicted octanol–water partition coefficient (Wildman–Crippen LogP) is 3.41. The summed E-state index contributed by atoms with van der Waals surface area (Å²) in [5, 5.41) is 8.12. The number of nitrogens with one attached hydrogen (secondary N) is 3. The minimum Gasteiger partial charge on any atom is -0.490 e. The molecule has 0 fully saturated rings. The number of carbonyl (C=O) groups excluding carboxylic acids is 4. The number of ether oxygens (including phenoxy) is 3. The molecule has 10 heteroatoms. The zero-order chi connectivity index (χ0) is 28.6. The largest absolute Gasteiger partial charge is 0.490 e. The Kier molecular flexibility index (Phi) is 14.3. The van der Waals surface area contributed by atoms with Gasteiger partial charge >= 0.3 is 12.1 Å². The molecule has 0 heterocycles. The maximum Gasteiger partial charge on any atom is 0.408 e. The highest BCUT2D eigenvalue weighted by atomic mass is 16.6. The molecule has 1 aromatic rings. The molecule has 1 aromatic carbocycles. The molecule has 0 aliphatic heterocycles. The molecule has 38 heavy (non-hydrogen) atoms. The lowest BCUT2D eigenvalue weighted by atomic mass is 10.0. The van der Waals surface area contributed by atoms with Crippen molar-refractivity contribution in [2.75, 3.05) is 20.3 Å². The van der Waals surface area contributed by atoms with Gasteiger partial charge in [-0.2, -0.15) is 0 Å². The Hall–Kier alpha value is -3.82. The summed E-state index contributed by atoms with van der Waals surface area (Å²) in [7, 11) is 1.29. The molecule has 1 rings (SSSR count). The second-order valence-corrected chi connectivity index (χ2v) is 9.79. The van der Waals surface area contributed by atoms with Gasteiger partial charge in [0.15, 0.2) is 0 Å². The first-order valence-corrected chi connectivity index (χ1v) is 12.5. The summed E-state index contributed by atoms with van der Waals surface area (Å²) in [6, 6.07) is 6.38. The highest BCUT2D eigenvalue weighted by Gasteiger charge is 2.25. The van der Waals surface area contributed by atoms with Gasteiger partial charge in [0.2, 0.25) is 11.8 Å². The van der Waals surface area contributed by atoms with Crippen molar-refractivity contribution in [3.8, 4) is 5.75 Å². The van der Waals surface area contributed by atoms with Crippen molar-refractivity contribution >= 4 is 23.9 Å².